The van der Waals surface area contributed by atoms with Crippen molar-refractivity contribution in [2.45, 2.75) is 13.3 Å². The fourth-order valence-electron chi connectivity index (χ4n) is 1.47. The van der Waals surface area contributed by atoms with Crippen molar-refractivity contribution in [3.05, 3.63) is 18.0 Å². The highest BCUT2D eigenvalue weighted by atomic mass is 15.2. The second-order valence-corrected chi connectivity index (χ2v) is 3.64. The van der Waals surface area contributed by atoms with E-state index in [1.54, 1.807) is 6.20 Å². The Bertz CT molecular complexity index is 296. The largest absolute Gasteiger partial charge is 0.353 e. The fourth-order valence-corrected chi connectivity index (χ4v) is 1.47. The van der Waals surface area contributed by atoms with Gasteiger partial charge in [0.25, 0.3) is 0 Å². The van der Waals surface area contributed by atoms with Gasteiger partial charge in [0.2, 0.25) is 5.95 Å². The summed E-state index contributed by atoms with van der Waals surface area (Å²) < 4.78 is 0. The molecule has 1 fully saturated rings. The zero-order valence-electron chi connectivity index (χ0n) is 8.53. The number of aryl methyl sites for hydroxylation is 1. The smallest absolute Gasteiger partial charge is 0.222 e. The van der Waals surface area contributed by atoms with Gasteiger partial charge in [-0.2, -0.15) is 0 Å². The second-order valence-electron chi connectivity index (χ2n) is 3.64. The maximum atomic E-state index is 4.27. The van der Waals surface area contributed by atoms with Gasteiger partial charge in [0.1, 0.15) is 0 Å². The molecule has 1 N–H and O–H groups in total. The van der Waals surface area contributed by atoms with Crippen LogP contribution in [0.15, 0.2) is 12.3 Å². The highest BCUT2D eigenvalue weighted by Gasteiger charge is 2.12. The van der Waals surface area contributed by atoms with Crippen LogP contribution in [0, 0.1) is 6.92 Å². The first kappa shape index (κ1) is 9.40. The summed E-state index contributed by atoms with van der Waals surface area (Å²) in [5.74, 6) is 0.741. The number of aromatic nitrogens is 2. The molecule has 1 aromatic rings. The van der Waals surface area contributed by atoms with Gasteiger partial charge < -0.3 is 10.2 Å². The number of anilines is 1. The molecule has 0 spiro atoms. The minimum Gasteiger partial charge on any atom is -0.353 e. The Hall–Kier alpha value is -1.16. The molecular formula is C10H16N4. The predicted molar refractivity (Wildman–Crippen MR) is 56.3 cm³/mol. The van der Waals surface area contributed by atoms with Crippen LogP contribution >= 0.6 is 0 Å². The minimum absolute atomic E-state index is 0.741. The molecule has 0 unspecified atom stereocenters. The molecule has 14 heavy (non-hydrogen) atoms. The molecule has 76 valence electrons. The Morgan fingerprint density at radius 3 is 3.00 bits per heavy atom. The number of nitrogens with zero attached hydrogens (tertiary/aromatic N) is 3. The van der Waals surface area contributed by atoms with Crippen LogP contribution in [-0.2, 0) is 0 Å². The van der Waals surface area contributed by atoms with Crippen molar-refractivity contribution in [2.75, 3.05) is 31.5 Å². The molecule has 2 rings (SSSR count). The van der Waals surface area contributed by atoms with Gasteiger partial charge in [-0.1, -0.05) is 0 Å². The van der Waals surface area contributed by atoms with E-state index in [9.17, 15) is 0 Å². The highest BCUT2D eigenvalue weighted by molar-refractivity contribution is 5.24. The monoisotopic (exact) mass is 192 g/mol. The normalized spacial score (nSPS) is 16.4. The lowest BCUT2D eigenvalue weighted by molar-refractivity contribution is 0.189. The Balaban J connectivity index is 1.74. The van der Waals surface area contributed by atoms with Crippen LogP contribution < -0.4 is 5.32 Å². The van der Waals surface area contributed by atoms with E-state index in [4.69, 9.17) is 0 Å². The van der Waals surface area contributed by atoms with Crippen LogP contribution in [-0.4, -0.2) is 41.0 Å². The summed E-state index contributed by atoms with van der Waals surface area (Å²) in [6.07, 6.45) is 3.13. The summed E-state index contributed by atoms with van der Waals surface area (Å²) in [6, 6.07) is 1.90. The van der Waals surface area contributed by atoms with Crippen molar-refractivity contribution in [3.8, 4) is 0 Å². The van der Waals surface area contributed by atoms with Crippen LogP contribution in [0.3, 0.4) is 0 Å². The topological polar surface area (TPSA) is 41.1 Å². The van der Waals surface area contributed by atoms with Crippen LogP contribution in [0.1, 0.15) is 12.1 Å². The molecule has 1 aliphatic rings. The third kappa shape index (κ3) is 2.42. The van der Waals surface area contributed by atoms with Crippen molar-refractivity contribution in [1.82, 2.24) is 14.9 Å². The molecule has 0 atom stereocenters. The Morgan fingerprint density at radius 1 is 1.50 bits per heavy atom. The van der Waals surface area contributed by atoms with E-state index >= 15 is 0 Å². The molecule has 1 aromatic heterocycles. The predicted octanol–water partition coefficient (Wildman–Crippen LogP) is 0.903. The zero-order valence-corrected chi connectivity index (χ0v) is 8.53. The van der Waals surface area contributed by atoms with E-state index in [1.807, 2.05) is 13.0 Å². The fraction of sp³-hybridized carbons (Fsp3) is 0.600. The first-order valence-corrected chi connectivity index (χ1v) is 5.10. The number of rotatable bonds is 4. The van der Waals surface area contributed by atoms with Crippen LogP contribution in [0.5, 0.6) is 0 Å². The summed E-state index contributed by atoms with van der Waals surface area (Å²) in [4.78, 5) is 10.8. The first-order chi connectivity index (χ1) is 6.84. The summed E-state index contributed by atoms with van der Waals surface area (Å²) in [6.45, 7) is 6.50. The van der Waals surface area contributed by atoms with Crippen molar-refractivity contribution in [1.29, 1.82) is 0 Å². The molecular weight excluding hydrogens is 176 g/mol. The zero-order chi connectivity index (χ0) is 9.80. The summed E-state index contributed by atoms with van der Waals surface area (Å²) in [5.41, 5.74) is 1.01. The van der Waals surface area contributed by atoms with Gasteiger partial charge in [-0.05, 0) is 32.5 Å². The summed E-state index contributed by atoms with van der Waals surface area (Å²) in [5, 5.41) is 3.22. The van der Waals surface area contributed by atoms with Gasteiger partial charge in [0, 0.05) is 25.0 Å². The van der Waals surface area contributed by atoms with Crippen molar-refractivity contribution >= 4 is 5.95 Å². The van der Waals surface area contributed by atoms with Crippen LogP contribution in [0.2, 0.25) is 0 Å². The molecule has 0 radical (unpaired) electrons. The van der Waals surface area contributed by atoms with E-state index in [0.29, 0.717) is 0 Å². The van der Waals surface area contributed by atoms with E-state index in [2.05, 4.69) is 20.2 Å². The van der Waals surface area contributed by atoms with Crippen molar-refractivity contribution in [3.63, 3.8) is 0 Å². The summed E-state index contributed by atoms with van der Waals surface area (Å²) >= 11 is 0. The van der Waals surface area contributed by atoms with Gasteiger partial charge in [0.05, 0.1) is 0 Å². The van der Waals surface area contributed by atoms with E-state index in [1.165, 1.54) is 19.5 Å². The molecule has 0 bridgehead atoms. The molecule has 0 saturated carbocycles. The Labute approximate surface area is 84.4 Å². The average Bonchev–Trinajstić information content (AvgIpc) is 2.09. The van der Waals surface area contributed by atoms with E-state index in [0.717, 1.165) is 24.7 Å². The number of nitrogens with one attached hydrogen (secondary N) is 1. The third-order valence-corrected chi connectivity index (χ3v) is 2.45. The maximum absolute atomic E-state index is 4.27. The maximum Gasteiger partial charge on any atom is 0.222 e. The number of hydrogen-bond acceptors (Lipinski definition) is 4. The number of hydrogen-bond donors (Lipinski definition) is 1. The summed E-state index contributed by atoms with van der Waals surface area (Å²) in [7, 11) is 0. The minimum atomic E-state index is 0.741. The molecule has 2 heterocycles. The molecule has 4 heteroatoms. The number of likely N-dealkylation sites (tertiary alicyclic amines) is 1. The highest BCUT2D eigenvalue weighted by Crippen LogP contribution is 2.04. The lowest BCUT2D eigenvalue weighted by Gasteiger charge is -2.30. The van der Waals surface area contributed by atoms with Gasteiger partial charge in [-0.3, -0.25) is 0 Å². The Kier molecular flexibility index (Phi) is 2.93. The van der Waals surface area contributed by atoms with Crippen LogP contribution in [0.4, 0.5) is 5.95 Å². The standard InChI is InChI=1S/C10H16N4/c1-9-3-4-11-10(13-9)12-5-8-14-6-2-7-14/h3-4H,2,5-8H2,1H3,(H,11,12,13). The lowest BCUT2D eigenvalue weighted by Crippen LogP contribution is -2.40. The van der Waals surface area contributed by atoms with E-state index < -0.39 is 0 Å². The molecule has 1 aliphatic heterocycles. The van der Waals surface area contributed by atoms with Crippen molar-refractivity contribution in [2.24, 2.45) is 0 Å². The first-order valence-electron chi connectivity index (χ1n) is 5.10. The van der Waals surface area contributed by atoms with Gasteiger partial charge in [0.15, 0.2) is 0 Å². The average molecular weight is 192 g/mol. The third-order valence-electron chi connectivity index (χ3n) is 2.45. The van der Waals surface area contributed by atoms with Gasteiger partial charge in [-0.25, -0.2) is 9.97 Å². The molecule has 0 aromatic carbocycles. The molecule has 0 amide bonds. The molecule has 4 nitrogen and oxygen atoms in total. The SMILES string of the molecule is Cc1ccnc(NCCN2CCC2)n1. The van der Waals surface area contributed by atoms with Gasteiger partial charge >= 0.3 is 0 Å². The van der Waals surface area contributed by atoms with E-state index in [-0.39, 0.29) is 0 Å². The van der Waals surface area contributed by atoms with Crippen molar-refractivity contribution < 1.29 is 0 Å². The quantitative estimate of drug-likeness (QED) is 0.769. The second kappa shape index (κ2) is 4.37. The van der Waals surface area contributed by atoms with Gasteiger partial charge in [-0.15, -0.1) is 0 Å². The molecule has 1 saturated heterocycles. The Morgan fingerprint density at radius 2 is 2.36 bits per heavy atom. The lowest BCUT2D eigenvalue weighted by atomic mass is 10.2. The van der Waals surface area contributed by atoms with Crippen LogP contribution in [0.25, 0.3) is 0 Å². The molecule has 0 aliphatic carbocycles.